The van der Waals surface area contributed by atoms with Crippen molar-refractivity contribution in [3.63, 3.8) is 0 Å². The van der Waals surface area contributed by atoms with Gasteiger partial charge in [-0.3, -0.25) is 4.79 Å². The molecule has 42 heavy (non-hydrogen) atoms. The summed E-state index contributed by atoms with van der Waals surface area (Å²) >= 11 is 19.1. The molecule has 2 unspecified atom stereocenters. The van der Waals surface area contributed by atoms with Crippen molar-refractivity contribution in [2.24, 2.45) is 0 Å². The summed E-state index contributed by atoms with van der Waals surface area (Å²) in [6.07, 6.45) is 4.14. The van der Waals surface area contributed by atoms with E-state index in [1.807, 2.05) is 49.1 Å². The summed E-state index contributed by atoms with van der Waals surface area (Å²) in [4.78, 5) is 16.3. The minimum atomic E-state index is -0.107. The van der Waals surface area contributed by atoms with Crippen LogP contribution in [0.15, 0.2) is 46.5 Å². The van der Waals surface area contributed by atoms with Crippen molar-refractivity contribution in [3.8, 4) is 5.75 Å². The van der Waals surface area contributed by atoms with Crippen molar-refractivity contribution in [2.45, 2.75) is 70.6 Å². The highest BCUT2D eigenvalue weighted by Crippen LogP contribution is 2.38. The molecule has 3 aliphatic rings. The number of fused-ring (bicyclic) bond motifs is 2. The second-order valence-corrected chi connectivity index (χ2v) is 12.7. The zero-order valence-electron chi connectivity index (χ0n) is 23.8. The molecule has 2 fully saturated rings. The molecule has 1 amide bonds. The number of aromatic nitrogens is 1. The molecule has 2 aliphatic heterocycles. The number of nitrogens with zero attached hydrogens (tertiary/aromatic N) is 2. The summed E-state index contributed by atoms with van der Waals surface area (Å²) in [7, 11) is 0. The number of hydrogen-bond donors (Lipinski definition) is 2. The van der Waals surface area contributed by atoms with Crippen molar-refractivity contribution in [1.82, 2.24) is 20.7 Å². The van der Waals surface area contributed by atoms with Gasteiger partial charge in [-0.2, -0.15) is 0 Å². The van der Waals surface area contributed by atoms with E-state index in [0.717, 1.165) is 70.1 Å². The van der Waals surface area contributed by atoms with Crippen LogP contribution in [0.25, 0.3) is 5.57 Å². The van der Waals surface area contributed by atoms with Gasteiger partial charge < -0.3 is 24.8 Å². The average molecular weight is 630 g/mol. The van der Waals surface area contributed by atoms with E-state index in [-0.39, 0.29) is 24.0 Å². The minimum absolute atomic E-state index is 0.0168. The Morgan fingerprint density at radius 2 is 1.88 bits per heavy atom. The molecule has 1 saturated carbocycles. The van der Waals surface area contributed by atoms with Crippen LogP contribution >= 0.6 is 34.8 Å². The van der Waals surface area contributed by atoms with Gasteiger partial charge in [-0.05, 0) is 80.8 Å². The molecule has 222 valence electrons. The number of piperazine rings is 1. The second kappa shape index (κ2) is 12.6. The zero-order valence-corrected chi connectivity index (χ0v) is 26.1. The predicted molar refractivity (Wildman–Crippen MR) is 166 cm³/mol. The molecule has 2 bridgehead atoms. The topological polar surface area (TPSA) is 79.6 Å². The molecule has 2 N–H and O–H groups in total. The first-order valence-electron chi connectivity index (χ1n) is 14.6. The molecule has 3 heterocycles. The standard InChI is InChI=1S/C32H35Cl3N4O3/c1-18-11-24(12-19(2)30(18)34)41-10-4-6-21-14-28(42-38-21)25-13-22-15-36-16-27(37-22)29(25)32(40)39(23-8-9-23)17-20-5-3-7-26(33)31(20)35/h3,5,7,11-12,14,22-23,27,36-37H,4,6,8-10,13,15-17H2,1-2H3. The number of carbonyl (C=O) groups is 1. The molecular formula is C32H35Cl3N4O3. The van der Waals surface area contributed by atoms with Gasteiger partial charge in [-0.25, -0.2) is 0 Å². The van der Waals surface area contributed by atoms with Gasteiger partial charge in [-0.15, -0.1) is 0 Å². The maximum atomic E-state index is 14.3. The van der Waals surface area contributed by atoms with E-state index in [9.17, 15) is 4.79 Å². The average Bonchev–Trinajstić information content (AvgIpc) is 3.71. The summed E-state index contributed by atoms with van der Waals surface area (Å²) < 4.78 is 11.9. The largest absolute Gasteiger partial charge is 0.494 e. The molecule has 1 saturated heterocycles. The van der Waals surface area contributed by atoms with Crippen molar-refractivity contribution >= 4 is 46.3 Å². The van der Waals surface area contributed by atoms with E-state index in [1.54, 1.807) is 6.07 Å². The summed E-state index contributed by atoms with van der Waals surface area (Å²) in [6.45, 7) is 6.45. The maximum absolute atomic E-state index is 14.3. The third kappa shape index (κ3) is 6.36. The lowest BCUT2D eigenvalue weighted by Crippen LogP contribution is -2.59. The number of benzene rings is 2. The van der Waals surface area contributed by atoms with Gasteiger partial charge in [0.25, 0.3) is 5.91 Å². The smallest absolute Gasteiger partial charge is 0.252 e. The summed E-state index contributed by atoms with van der Waals surface area (Å²) in [6, 6.07) is 11.8. The Bertz CT molecular complexity index is 1490. The van der Waals surface area contributed by atoms with E-state index >= 15 is 0 Å². The molecular weight excluding hydrogens is 595 g/mol. The van der Waals surface area contributed by atoms with Crippen LogP contribution in [0.5, 0.6) is 5.75 Å². The molecule has 2 atom stereocenters. The van der Waals surface area contributed by atoms with E-state index < -0.39 is 0 Å². The summed E-state index contributed by atoms with van der Waals surface area (Å²) in [5, 5.41) is 13.3. The molecule has 10 heteroatoms. The van der Waals surface area contributed by atoms with Gasteiger partial charge in [0.05, 0.1) is 28.4 Å². The fraction of sp³-hybridized carbons (Fsp3) is 0.438. The van der Waals surface area contributed by atoms with Crippen molar-refractivity contribution < 1.29 is 14.1 Å². The van der Waals surface area contributed by atoms with Gasteiger partial charge in [-0.1, -0.05) is 52.1 Å². The highest BCUT2D eigenvalue weighted by molar-refractivity contribution is 6.42. The quantitative estimate of drug-likeness (QED) is 0.248. The fourth-order valence-corrected chi connectivity index (χ4v) is 6.45. The number of carbonyl (C=O) groups excluding carboxylic acids is 1. The molecule has 0 spiro atoms. The van der Waals surface area contributed by atoms with Crippen LogP contribution in [0.2, 0.25) is 15.1 Å². The van der Waals surface area contributed by atoms with E-state index in [1.165, 1.54) is 0 Å². The number of halogens is 3. The van der Waals surface area contributed by atoms with Gasteiger partial charge in [0.15, 0.2) is 5.76 Å². The van der Waals surface area contributed by atoms with Crippen LogP contribution in [-0.4, -0.2) is 53.8 Å². The van der Waals surface area contributed by atoms with Crippen LogP contribution < -0.4 is 15.4 Å². The number of amides is 1. The van der Waals surface area contributed by atoms with Crippen molar-refractivity contribution in [1.29, 1.82) is 0 Å². The number of nitrogens with one attached hydrogen (secondary N) is 2. The molecule has 2 aromatic carbocycles. The van der Waals surface area contributed by atoms with Gasteiger partial charge in [0.1, 0.15) is 5.75 Å². The molecule has 3 aromatic rings. The van der Waals surface area contributed by atoms with Crippen LogP contribution in [0.3, 0.4) is 0 Å². The monoisotopic (exact) mass is 628 g/mol. The highest BCUT2D eigenvalue weighted by Gasteiger charge is 2.42. The van der Waals surface area contributed by atoms with Crippen LogP contribution in [0.1, 0.15) is 53.8 Å². The van der Waals surface area contributed by atoms with E-state index in [4.69, 9.17) is 44.1 Å². The highest BCUT2D eigenvalue weighted by atomic mass is 35.5. The Labute approximate surface area is 261 Å². The summed E-state index contributed by atoms with van der Waals surface area (Å²) in [5.74, 6) is 1.51. The van der Waals surface area contributed by atoms with E-state index in [2.05, 4.69) is 15.8 Å². The predicted octanol–water partition coefficient (Wildman–Crippen LogP) is 6.54. The number of ether oxygens (including phenoxy) is 1. The normalized spacial score (nSPS) is 20.1. The van der Waals surface area contributed by atoms with Crippen LogP contribution in [-0.2, 0) is 17.8 Å². The Hall–Kier alpha value is -2.55. The first kappa shape index (κ1) is 29.5. The Morgan fingerprint density at radius 3 is 2.64 bits per heavy atom. The van der Waals surface area contributed by atoms with Crippen molar-refractivity contribution in [2.75, 3.05) is 19.7 Å². The van der Waals surface area contributed by atoms with Gasteiger partial charge in [0.2, 0.25) is 0 Å². The number of aryl methyl sites for hydroxylation is 3. The third-order valence-corrected chi connectivity index (χ3v) is 9.72. The molecule has 7 nitrogen and oxygen atoms in total. The maximum Gasteiger partial charge on any atom is 0.252 e. The van der Waals surface area contributed by atoms with Crippen LogP contribution in [0, 0.1) is 13.8 Å². The first-order chi connectivity index (χ1) is 20.3. The second-order valence-electron chi connectivity index (χ2n) is 11.6. The Kier molecular flexibility index (Phi) is 8.85. The lowest BCUT2D eigenvalue weighted by Gasteiger charge is -2.40. The fourth-order valence-electron chi connectivity index (χ4n) is 5.97. The molecule has 6 rings (SSSR count). The first-order valence-corrected chi connectivity index (χ1v) is 15.7. The van der Waals surface area contributed by atoms with Gasteiger partial charge in [0, 0.05) is 54.0 Å². The molecule has 1 aromatic heterocycles. The Morgan fingerprint density at radius 1 is 1.10 bits per heavy atom. The molecule has 0 radical (unpaired) electrons. The van der Waals surface area contributed by atoms with Gasteiger partial charge >= 0.3 is 0 Å². The van der Waals surface area contributed by atoms with Crippen molar-refractivity contribution in [3.05, 3.63) is 85.2 Å². The minimum Gasteiger partial charge on any atom is -0.494 e. The number of rotatable bonds is 10. The SMILES string of the molecule is Cc1cc(OCCCc2cc(C3=C(C(=O)N(Cc4cccc(Cl)c4Cl)C4CC4)C4CNCC(C3)N4)on2)cc(C)c1Cl. The molecule has 1 aliphatic carbocycles. The number of hydrogen-bond acceptors (Lipinski definition) is 6. The summed E-state index contributed by atoms with van der Waals surface area (Å²) in [5.41, 5.74) is 5.41. The Balaban J connectivity index is 1.20. The van der Waals surface area contributed by atoms with Crippen LogP contribution in [0.4, 0.5) is 0 Å². The lowest BCUT2D eigenvalue weighted by atomic mass is 9.85. The zero-order chi connectivity index (χ0) is 29.4. The van der Waals surface area contributed by atoms with E-state index in [0.29, 0.717) is 48.3 Å². The third-order valence-electron chi connectivity index (χ3n) is 8.26. The lowest BCUT2D eigenvalue weighted by molar-refractivity contribution is -0.128.